The molecule has 0 aliphatic carbocycles. The zero-order valence-corrected chi connectivity index (χ0v) is 6.80. The van der Waals surface area contributed by atoms with E-state index in [1.54, 1.807) is 11.3 Å². The highest BCUT2D eigenvalue weighted by Gasteiger charge is 1.95. The summed E-state index contributed by atoms with van der Waals surface area (Å²) in [7, 11) is 0. The topological polar surface area (TPSA) is 12.9 Å². The van der Waals surface area contributed by atoms with Gasteiger partial charge in [0, 0.05) is 5.38 Å². The highest BCUT2D eigenvalue weighted by Crippen LogP contribution is 2.14. The van der Waals surface area contributed by atoms with Crippen LogP contribution in [0.5, 0.6) is 0 Å². The van der Waals surface area contributed by atoms with Crippen LogP contribution in [0.3, 0.4) is 0 Å². The normalized spacial score (nSPS) is 10.0. The molecule has 0 saturated carbocycles. The summed E-state index contributed by atoms with van der Waals surface area (Å²) in [6.07, 6.45) is 2.20. The Bertz CT molecular complexity index is 185. The van der Waals surface area contributed by atoms with Gasteiger partial charge in [0.15, 0.2) is 0 Å². The van der Waals surface area contributed by atoms with E-state index in [1.165, 1.54) is 0 Å². The van der Waals surface area contributed by atoms with E-state index in [0.717, 1.165) is 17.8 Å². The maximum absolute atomic E-state index is 5.60. The van der Waals surface area contributed by atoms with Gasteiger partial charge in [-0.3, -0.25) is 0 Å². The summed E-state index contributed by atoms with van der Waals surface area (Å²) < 4.78 is 0. The Balaban J connectivity index is 2.61. The van der Waals surface area contributed by atoms with Gasteiger partial charge in [0.25, 0.3) is 0 Å². The van der Waals surface area contributed by atoms with Crippen molar-refractivity contribution in [3.05, 3.63) is 15.5 Å². The molecule has 0 atom stereocenters. The van der Waals surface area contributed by atoms with Crippen LogP contribution in [-0.4, -0.2) is 4.98 Å². The van der Waals surface area contributed by atoms with Gasteiger partial charge in [-0.05, 0) is 12.8 Å². The molecule has 0 aliphatic rings. The molecule has 0 bridgehead atoms. The quantitative estimate of drug-likeness (QED) is 0.650. The zero-order chi connectivity index (χ0) is 6.69. The van der Waals surface area contributed by atoms with Crippen molar-refractivity contribution in [1.82, 2.24) is 4.98 Å². The summed E-state index contributed by atoms with van der Waals surface area (Å²) >= 11 is 7.23. The lowest BCUT2D eigenvalue weighted by molar-refractivity contribution is 0.909. The Morgan fingerprint density at radius 2 is 2.56 bits per heavy atom. The summed E-state index contributed by atoms with van der Waals surface area (Å²) in [5.41, 5.74) is 0. The average molecular weight is 162 g/mol. The summed E-state index contributed by atoms with van der Waals surface area (Å²) in [4.78, 5) is 4.08. The predicted molar refractivity (Wildman–Crippen MR) is 41.1 cm³/mol. The van der Waals surface area contributed by atoms with E-state index < -0.39 is 0 Å². The first-order valence-corrected chi connectivity index (χ1v) is 4.18. The van der Waals surface area contributed by atoms with E-state index in [0.29, 0.717) is 5.15 Å². The van der Waals surface area contributed by atoms with Gasteiger partial charge < -0.3 is 0 Å². The minimum Gasteiger partial charge on any atom is -0.230 e. The smallest absolute Gasteiger partial charge is 0.140 e. The van der Waals surface area contributed by atoms with Crippen molar-refractivity contribution in [3.63, 3.8) is 0 Å². The number of halogens is 1. The van der Waals surface area contributed by atoms with Gasteiger partial charge in [-0.2, -0.15) is 0 Å². The number of hydrogen-bond donors (Lipinski definition) is 0. The fourth-order valence-electron chi connectivity index (χ4n) is 0.617. The standard InChI is InChI=1S/C6H8ClNS/c1-2-3-6-8-5(7)4-9-6/h4H,2-3H2,1H3. The number of aromatic nitrogens is 1. The molecular weight excluding hydrogens is 154 g/mol. The van der Waals surface area contributed by atoms with Crippen LogP contribution in [0.1, 0.15) is 18.4 Å². The molecular formula is C6H8ClNS. The highest BCUT2D eigenvalue weighted by molar-refractivity contribution is 7.10. The van der Waals surface area contributed by atoms with Crippen LogP contribution in [0, 0.1) is 0 Å². The molecule has 0 aromatic carbocycles. The van der Waals surface area contributed by atoms with Crippen molar-refractivity contribution >= 4 is 22.9 Å². The Labute approximate surface area is 63.7 Å². The Kier molecular flexibility index (Phi) is 2.49. The second kappa shape index (κ2) is 3.18. The minimum absolute atomic E-state index is 0.628. The number of hydrogen-bond acceptors (Lipinski definition) is 2. The highest BCUT2D eigenvalue weighted by atomic mass is 35.5. The van der Waals surface area contributed by atoms with Crippen LogP contribution in [0.15, 0.2) is 5.38 Å². The first-order chi connectivity index (χ1) is 4.33. The molecule has 3 heteroatoms. The lowest BCUT2D eigenvalue weighted by Crippen LogP contribution is -1.77. The van der Waals surface area contributed by atoms with Crippen LogP contribution in [0.2, 0.25) is 5.15 Å². The zero-order valence-electron chi connectivity index (χ0n) is 5.22. The third kappa shape index (κ3) is 1.95. The van der Waals surface area contributed by atoms with E-state index in [-0.39, 0.29) is 0 Å². The molecule has 9 heavy (non-hydrogen) atoms. The Hall–Kier alpha value is -0.0800. The third-order valence-electron chi connectivity index (χ3n) is 0.988. The van der Waals surface area contributed by atoms with E-state index >= 15 is 0 Å². The lowest BCUT2D eigenvalue weighted by Gasteiger charge is -1.84. The third-order valence-corrected chi connectivity index (χ3v) is 2.22. The second-order valence-corrected chi connectivity index (χ2v) is 3.14. The fraction of sp³-hybridized carbons (Fsp3) is 0.500. The predicted octanol–water partition coefficient (Wildman–Crippen LogP) is 2.75. The minimum atomic E-state index is 0.628. The van der Waals surface area contributed by atoms with Gasteiger partial charge in [0.05, 0.1) is 5.01 Å². The molecule has 0 saturated heterocycles. The number of nitrogens with zero attached hydrogens (tertiary/aromatic N) is 1. The van der Waals surface area contributed by atoms with Crippen molar-refractivity contribution in [2.45, 2.75) is 19.8 Å². The Morgan fingerprint density at radius 3 is 3.00 bits per heavy atom. The molecule has 1 nitrogen and oxygen atoms in total. The van der Waals surface area contributed by atoms with E-state index in [2.05, 4.69) is 11.9 Å². The van der Waals surface area contributed by atoms with Crippen molar-refractivity contribution < 1.29 is 0 Å². The molecule has 0 unspecified atom stereocenters. The molecule has 0 amide bonds. The molecule has 0 radical (unpaired) electrons. The monoisotopic (exact) mass is 161 g/mol. The van der Waals surface area contributed by atoms with E-state index in [1.807, 2.05) is 5.38 Å². The van der Waals surface area contributed by atoms with Gasteiger partial charge in [-0.25, -0.2) is 4.98 Å². The van der Waals surface area contributed by atoms with Crippen molar-refractivity contribution in [2.24, 2.45) is 0 Å². The molecule has 0 spiro atoms. The molecule has 1 aromatic heterocycles. The largest absolute Gasteiger partial charge is 0.230 e. The Morgan fingerprint density at radius 1 is 1.78 bits per heavy atom. The first-order valence-electron chi connectivity index (χ1n) is 2.93. The van der Waals surface area contributed by atoms with Gasteiger partial charge in [-0.1, -0.05) is 18.5 Å². The van der Waals surface area contributed by atoms with Crippen molar-refractivity contribution in [2.75, 3.05) is 0 Å². The lowest BCUT2D eigenvalue weighted by atomic mass is 10.4. The molecule has 1 rings (SSSR count). The van der Waals surface area contributed by atoms with Crippen LogP contribution >= 0.6 is 22.9 Å². The van der Waals surface area contributed by atoms with Crippen LogP contribution in [0.25, 0.3) is 0 Å². The van der Waals surface area contributed by atoms with Crippen LogP contribution < -0.4 is 0 Å². The molecule has 1 heterocycles. The van der Waals surface area contributed by atoms with Crippen molar-refractivity contribution in [3.8, 4) is 0 Å². The van der Waals surface area contributed by atoms with Crippen LogP contribution in [-0.2, 0) is 6.42 Å². The second-order valence-electron chi connectivity index (χ2n) is 1.81. The summed E-state index contributed by atoms with van der Waals surface area (Å²) in [6, 6.07) is 0. The molecule has 0 fully saturated rings. The first kappa shape index (κ1) is 7.03. The molecule has 0 aliphatic heterocycles. The molecule has 1 aromatic rings. The van der Waals surface area contributed by atoms with Gasteiger partial charge in [0.1, 0.15) is 5.15 Å². The van der Waals surface area contributed by atoms with Crippen molar-refractivity contribution in [1.29, 1.82) is 0 Å². The number of thiazole rings is 1. The summed E-state index contributed by atoms with van der Waals surface area (Å²) in [5, 5.41) is 3.64. The summed E-state index contributed by atoms with van der Waals surface area (Å²) in [5.74, 6) is 0. The van der Waals surface area contributed by atoms with E-state index in [9.17, 15) is 0 Å². The van der Waals surface area contributed by atoms with Gasteiger partial charge >= 0.3 is 0 Å². The SMILES string of the molecule is CCCc1nc(Cl)cs1. The number of rotatable bonds is 2. The van der Waals surface area contributed by atoms with Gasteiger partial charge in [0.2, 0.25) is 0 Å². The van der Waals surface area contributed by atoms with E-state index in [4.69, 9.17) is 11.6 Å². The average Bonchev–Trinajstić information content (AvgIpc) is 2.17. The maximum atomic E-state index is 5.60. The summed E-state index contributed by atoms with van der Waals surface area (Å²) in [6.45, 7) is 2.13. The maximum Gasteiger partial charge on any atom is 0.140 e. The molecule has 0 N–H and O–H groups in total. The molecule has 50 valence electrons. The fourth-order valence-corrected chi connectivity index (χ4v) is 1.66. The number of aryl methyl sites for hydroxylation is 1. The van der Waals surface area contributed by atoms with Gasteiger partial charge in [-0.15, -0.1) is 11.3 Å². The van der Waals surface area contributed by atoms with Crippen LogP contribution in [0.4, 0.5) is 0 Å².